The Kier molecular flexibility index (Phi) is 3.24. The molecular formula is C6H11O3. The molecule has 0 amide bonds. The first-order valence-corrected chi connectivity index (χ1v) is 2.72. The molecule has 0 saturated carbocycles. The van der Waals surface area contributed by atoms with Crippen LogP contribution in [0.4, 0.5) is 0 Å². The van der Waals surface area contributed by atoms with Crippen LogP contribution in [0.5, 0.6) is 0 Å². The fourth-order valence-corrected chi connectivity index (χ4v) is 0.270. The smallest absolute Gasteiger partial charge is 0.417 e. The molecule has 3 nitrogen and oxygen atoms in total. The number of hydrogen-bond donors (Lipinski definition) is 1. The zero-order valence-electron chi connectivity index (χ0n) is 5.68. The van der Waals surface area contributed by atoms with E-state index in [1.54, 1.807) is 13.8 Å². The van der Waals surface area contributed by atoms with Gasteiger partial charge in [-0.15, -0.1) is 0 Å². The summed E-state index contributed by atoms with van der Waals surface area (Å²) in [5, 5.41) is 8.61. The lowest BCUT2D eigenvalue weighted by atomic mass is 9.97. The predicted octanol–water partition coefficient (Wildman–Crippen LogP) is 0.0887. The third-order valence-corrected chi connectivity index (χ3v) is 0.950. The molecule has 53 valence electrons. The zero-order chi connectivity index (χ0) is 7.33. The number of aliphatic hydroxyl groups is 1. The summed E-state index contributed by atoms with van der Waals surface area (Å²) in [7, 11) is 0. The highest BCUT2D eigenvalue weighted by atomic mass is 16.5. The molecule has 0 aromatic heterocycles. The molecule has 0 saturated heterocycles. The van der Waals surface area contributed by atoms with Crippen molar-refractivity contribution in [1.29, 1.82) is 0 Å². The molecule has 0 bridgehead atoms. The van der Waals surface area contributed by atoms with E-state index in [0.717, 1.165) is 0 Å². The van der Waals surface area contributed by atoms with Crippen LogP contribution in [-0.4, -0.2) is 24.8 Å². The van der Waals surface area contributed by atoms with Crippen molar-refractivity contribution in [3.63, 3.8) is 0 Å². The molecule has 0 unspecified atom stereocenters. The van der Waals surface area contributed by atoms with Crippen LogP contribution in [0.3, 0.4) is 0 Å². The predicted molar refractivity (Wildman–Crippen MR) is 32.5 cm³/mol. The van der Waals surface area contributed by atoms with Gasteiger partial charge in [0.15, 0.2) is 0 Å². The first-order chi connectivity index (χ1) is 4.12. The Morgan fingerprint density at radius 1 is 1.67 bits per heavy atom. The summed E-state index contributed by atoms with van der Waals surface area (Å²) in [4.78, 5) is 9.54. The molecule has 0 spiro atoms. The second-order valence-electron chi connectivity index (χ2n) is 2.69. The molecule has 3 heteroatoms. The van der Waals surface area contributed by atoms with Gasteiger partial charge < -0.3 is 9.84 Å². The van der Waals surface area contributed by atoms with Gasteiger partial charge in [0.2, 0.25) is 0 Å². The summed E-state index contributed by atoms with van der Waals surface area (Å²) in [5.74, 6) is 0. The van der Waals surface area contributed by atoms with Crippen LogP contribution in [0, 0.1) is 5.41 Å². The molecular weight excluding hydrogens is 120 g/mol. The highest BCUT2D eigenvalue weighted by molar-refractivity contribution is 5.38. The lowest BCUT2D eigenvalue weighted by Gasteiger charge is -2.18. The van der Waals surface area contributed by atoms with Crippen LogP contribution in [0.1, 0.15) is 13.8 Å². The van der Waals surface area contributed by atoms with E-state index in [1.165, 1.54) is 6.47 Å². The van der Waals surface area contributed by atoms with Crippen molar-refractivity contribution < 1.29 is 14.6 Å². The van der Waals surface area contributed by atoms with Gasteiger partial charge in [0.05, 0.1) is 13.2 Å². The highest BCUT2D eigenvalue weighted by Gasteiger charge is 2.16. The highest BCUT2D eigenvalue weighted by Crippen LogP contribution is 2.12. The van der Waals surface area contributed by atoms with E-state index in [1.807, 2.05) is 0 Å². The van der Waals surface area contributed by atoms with Crippen LogP contribution < -0.4 is 0 Å². The summed E-state index contributed by atoms with van der Waals surface area (Å²) < 4.78 is 4.32. The third kappa shape index (κ3) is 3.97. The third-order valence-electron chi connectivity index (χ3n) is 0.950. The van der Waals surface area contributed by atoms with Crippen molar-refractivity contribution in [1.82, 2.24) is 0 Å². The van der Waals surface area contributed by atoms with E-state index in [4.69, 9.17) is 5.11 Å². The molecule has 0 atom stereocenters. The van der Waals surface area contributed by atoms with Gasteiger partial charge in [-0.05, 0) is 0 Å². The van der Waals surface area contributed by atoms with Crippen molar-refractivity contribution in [3.05, 3.63) is 0 Å². The van der Waals surface area contributed by atoms with Gasteiger partial charge in [-0.25, -0.2) is 4.79 Å². The summed E-state index contributed by atoms with van der Waals surface area (Å²) in [6, 6.07) is 0. The van der Waals surface area contributed by atoms with Gasteiger partial charge in [0, 0.05) is 5.41 Å². The number of hydrogen-bond acceptors (Lipinski definition) is 3. The zero-order valence-corrected chi connectivity index (χ0v) is 5.68. The maximum absolute atomic E-state index is 9.54. The Balaban J connectivity index is 3.44. The fourth-order valence-electron chi connectivity index (χ4n) is 0.270. The summed E-state index contributed by atoms with van der Waals surface area (Å²) in [5.41, 5.74) is -0.336. The minimum absolute atomic E-state index is 0.00861. The van der Waals surface area contributed by atoms with Crippen LogP contribution in [0.25, 0.3) is 0 Å². The minimum atomic E-state index is -0.336. The topological polar surface area (TPSA) is 46.5 Å². The standard InChI is InChI=1S/C6H11O3/c1-6(2,3-7)4-9-5-8/h7H,3-4H2,1-2H3. The van der Waals surface area contributed by atoms with E-state index in [9.17, 15) is 4.79 Å². The largest absolute Gasteiger partial charge is 0.457 e. The molecule has 0 fully saturated rings. The Hall–Kier alpha value is -0.570. The van der Waals surface area contributed by atoms with Gasteiger partial charge in [0.25, 0.3) is 0 Å². The van der Waals surface area contributed by atoms with Crippen molar-refractivity contribution in [2.24, 2.45) is 5.41 Å². The maximum Gasteiger partial charge on any atom is 0.417 e. The summed E-state index contributed by atoms with van der Waals surface area (Å²) in [6.45, 7) is 5.11. The molecule has 0 aliphatic heterocycles. The molecule has 0 heterocycles. The quantitative estimate of drug-likeness (QED) is 0.588. The first kappa shape index (κ1) is 8.43. The number of carbonyl (C=O) groups excluding carboxylic acids is 1. The average molecular weight is 131 g/mol. The van der Waals surface area contributed by atoms with Crippen LogP contribution in [0.2, 0.25) is 0 Å². The van der Waals surface area contributed by atoms with Crippen molar-refractivity contribution in [2.45, 2.75) is 13.8 Å². The molecule has 0 aliphatic rings. The minimum Gasteiger partial charge on any atom is -0.457 e. The number of aliphatic hydroxyl groups excluding tert-OH is 1. The summed E-state index contributed by atoms with van der Waals surface area (Å²) in [6.07, 6.45) is 0. The lowest BCUT2D eigenvalue weighted by molar-refractivity contribution is 0.0894. The van der Waals surface area contributed by atoms with Gasteiger partial charge in [0.1, 0.15) is 0 Å². The molecule has 1 N–H and O–H groups in total. The van der Waals surface area contributed by atoms with E-state index < -0.39 is 0 Å². The van der Waals surface area contributed by atoms with Crippen LogP contribution in [-0.2, 0) is 9.53 Å². The molecule has 0 rings (SSSR count). The van der Waals surface area contributed by atoms with Gasteiger partial charge in [-0.3, -0.25) is 0 Å². The Labute approximate surface area is 54.6 Å². The van der Waals surface area contributed by atoms with E-state index in [-0.39, 0.29) is 18.6 Å². The van der Waals surface area contributed by atoms with Gasteiger partial charge in [-0.1, -0.05) is 13.8 Å². The van der Waals surface area contributed by atoms with Gasteiger partial charge in [-0.2, -0.15) is 0 Å². The van der Waals surface area contributed by atoms with E-state index >= 15 is 0 Å². The average Bonchev–Trinajstić information content (AvgIpc) is 1.84. The molecule has 0 aliphatic carbocycles. The Morgan fingerprint density at radius 2 is 2.22 bits per heavy atom. The summed E-state index contributed by atoms with van der Waals surface area (Å²) >= 11 is 0. The van der Waals surface area contributed by atoms with Gasteiger partial charge >= 0.3 is 6.47 Å². The number of ether oxygens (including phenoxy) is 1. The van der Waals surface area contributed by atoms with E-state index in [0.29, 0.717) is 0 Å². The maximum atomic E-state index is 9.54. The molecule has 0 aromatic carbocycles. The van der Waals surface area contributed by atoms with Crippen molar-refractivity contribution in [2.75, 3.05) is 13.2 Å². The van der Waals surface area contributed by atoms with Crippen LogP contribution >= 0.6 is 0 Å². The second-order valence-corrected chi connectivity index (χ2v) is 2.69. The number of rotatable bonds is 4. The normalized spacial score (nSPS) is 11.0. The molecule has 1 radical (unpaired) electrons. The SMILES string of the molecule is CC(C)(CO)CO[C]=O. The van der Waals surface area contributed by atoms with Crippen molar-refractivity contribution in [3.8, 4) is 0 Å². The lowest BCUT2D eigenvalue weighted by Crippen LogP contribution is -2.23. The molecule has 9 heavy (non-hydrogen) atoms. The first-order valence-electron chi connectivity index (χ1n) is 2.72. The monoisotopic (exact) mass is 131 g/mol. The Bertz CT molecular complexity index is 88.3. The fraction of sp³-hybridized carbons (Fsp3) is 0.833. The molecule has 0 aromatic rings. The van der Waals surface area contributed by atoms with Crippen molar-refractivity contribution >= 4 is 6.47 Å². The van der Waals surface area contributed by atoms with E-state index in [2.05, 4.69) is 4.74 Å². The Morgan fingerprint density at radius 3 is 2.56 bits per heavy atom. The second kappa shape index (κ2) is 3.45. The van der Waals surface area contributed by atoms with Crippen LogP contribution in [0.15, 0.2) is 0 Å².